The number of anilines is 1. The van der Waals surface area contributed by atoms with Gasteiger partial charge in [0.25, 0.3) is 0 Å². The molecule has 0 saturated carbocycles. The van der Waals surface area contributed by atoms with Crippen LogP contribution in [0.4, 0.5) is 5.69 Å². The van der Waals surface area contributed by atoms with Gasteiger partial charge in [-0.3, -0.25) is 0 Å². The van der Waals surface area contributed by atoms with E-state index in [0.717, 1.165) is 23.7 Å². The normalized spacial score (nSPS) is 19.7. The van der Waals surface area contributed by atoms with Gasteiger partial charge in [0.1, 0.15) is 23.3 Å². The lowest BCUT2D eigenvalue weighted by atomic mass is 10.2. The van der Waals surface area contributed by atoms with E-state index in [0.29, 0.717) is 0 Å². The van der Waals surface area contributed by atoms with E-state index in [4.69, 9.17) is 9.47 Å². The molecule has 0 aliphatic carbocycles. The molecule has 1 N–H and O–H groups in total. The first-order valence-electron chi connectivity index (χ1n) is 4.39. The van der Waals surface area contributed by atoms with E-state index in [1.54, 1.807) is 7.11 Å². The van der Waals surface area contributed by atoms with Crippen LogP contribution >= 0.6 is 0 Å². The molecule has 1 aromatic carbocycles. The Morgan fingerprint density at radius 1 is 1.54 bits per heavy atom. The van der Waals surface area contributed by atoms with E-state index < -0.39 is 0 Å². The van der Waals surface area contributed by atoms with Gasteiger partial charge < -0.3 is 14.8 Å². The highest BCUT2D eigenvalue weighted by Gasteiger charge is 2.17. The van der Waals surface area contributed by atoms with Gasteiger partial charge in [0, 0.05) is 0 Å². The van der Waals surface area contributed by atoms with Crippen LogP contribution in [-0.4, -0.2) is 19.8 Å². The monoisotopic (exact) mass is 179 g/mol. The molecule has 0 bridgehead atoms. The van der Waals surface area contributed by atoms with Crippen molar-refractivity contribution in [2.75, 3.05) is 19.0 Å². The van der Waals surface area contributed by atoms with Gasteiger partial charge in [-0.25, -0.2) is 0 Å². The summed E-state index contributed by atoms with van der Waals surface area (Å²) in [5.41, 5.74) is 0.961. The maximum Gasteiger partial charge on any atom is 0.146 e. The lowest BCUT2D eigenvalue weighted by molar-refractivity contribution is 0.224. The summed E-state index contributed by atoms with van der Waals surface area (Å²) < 4.78 is 10.8. The van der Waals surface area contributed by atoms with E-state index in [9.17, 15) is 0 Å². The van der Waals surface area contributed by atoms with Crippen molar-refractivity contribution in [3.8, 4) is 11.5 Å². The van der Waals surface area contributed by atoms with Crippen molar-refractivity contribution in [1.29, 1.82) is 0 Å². The van der Waals surface area contributed by atoms with E-state index >= 15 is 0 Å². The molecule has 1 aliphatic rings. The van der Waals surface area contributed by atoms with Crippen LogP contribution in [0.3, 0.4) is 0 Å². The Morgan fingerprint density at radius 2 is 2.38 bits per heavy atom. The number of methoxy groups -OCH3 is 1. The Kier molecular flexibility index (Phi) is 2.00. The molecule has 3 heteroatoms. The molecular weight excluding hydrogens is 166 g/mol. The zero-order valence-electron chi connectivity index (χ0n) is 7.83. The van der Waals surface area contributed by atoms with E-state index in [-0.39, 0.29) is 6.10 Å². The van der Waals surface area contributed by atoms with E-state index in [1.807, 2.05) is 25.1 Å². The van der Waals surface area contributed by atoms with Crippen molar-refractivity contribution < 1.29 is 9.47 Å². The number of hydrogen-bond acceptors (Lipinski definition) is 3. The van der Waals surface area contributed by atoms with Crippen LogP contribution in [0.25, 0.3) is 0 Å². The second-order valence-corrected chi connectivity index (χ2v) is 3.14. The highest BCUT2D eigenvalue weighted by molar-refractivity contribution is 5.67. The number of benzene rings is 1. The zero-order chi connectivity index (χ0) is 9.26. The SMILES string of the molecule is COc1cccc2c1NC[C@H](C)O2. The van der Waals surface area contributed by atoms with Crippen molar-refractivity contribution in [2.45, 2.75) is 13.0 Å². The maximum atomic E-state index is 5.63. The summed E-state index contributed by atoms with van der Waals surface area (Å²) in [6, 6.07) is 5.79. The third-order valence-electron chi connectivity index (χ3n) is 2.10. The van der Waals surface area contributed by atoms with Crippen LogP contribution in [0, 0.1) is 0 Å². The predicted octanol–water partition coefficient (Wildman–Crippen LogP) is 1.89. The van der Waals surface area contributed by atoms with Crippen LogP contribution in [0.2, 0.25) is 0 Å². The Labute approximate surface area is 77.7 Å². The van der Waals surface area contributed by atoms with Gasteiger partial charge in [-0.1, -0.05) is 6.07 Å². The Morgan fingerprint density at radius 3 is 3.15 bits per heavy atom. The molecule has 2 rings (SSSR count). The highest BCUT2D eigenvalue weighted by Crippen LogP contribution is 2.36. The summed E-state index contributed by atoms with van der Waals surface area (Å²) in [5, 5.41) is 3.28. The minimum absolute atomic E-state index is 0.222. The Hall–Kier alpha value is -1.38. The first-order chi connectivity index (χ1) is 6.31. The van der Waals surface area contributed by atoms with Crippen LogP contribution in [0.15, 0.2) is 18.2 Å². The number of hydrogen-bond donors (Lipinski definition) is 1. The van der Waals surface area contributed by atoms with Gasteiger partial charge in [0.2, 0.25) is 0 Å². The van der Waals surface area contributed by atoms with Crippen LogP contribution in [0.5, 0.6) is 11.5 Å². The molecule has 0 radical (unpaired) electrons. The largest absolute Gasteiger partial charge is 0.494 e. The molecule has 0 spiro atoms. The van der Waals surface area contributed by atoms with Gasteiger partial charge in [-0.2, -0.15) is 0 Å². The molecule has 13 heavy (non-hydrogen) atoms. The topological polar surface area (TPSA) is 30.5 Å². The van der Waals surface area contributed by atoms with Crippen molar-refractivity contribution >= 4 is 5.69 Å². The molecule has 1 heterocycles. The van der Waals surface area contributed by atoms with Gasteiger partial charge in [0.15, 0.2) is 0 Å². The van der Waals surface area contributed by atoms with Crippen molar-refractivity contribution in [2.24, 2.45) is 0 Å². The number of ether oxygens (including phenoxy) is 2. The predicted molar refractivity (Wildman–Crippen MR) is 51.6 cm³/mol. The summed E-state index contributed by atoms with van der Waals surface area (Å²) >= 11 is 0. The van der Waals surface area contributed by atoms with Crippen LogP contribution < -0.4 is 14.8 Å². The molecule has 0 saturated heterocycles. The van der Waals surface area contributed by atoms with Crippen LogP contribution in [0.1, 0.15) is 6.92 Å². The molecule has 1 atom stereocenters. The third kappa shape index (κ3) is 1.41. The summed E-state index contributed by atoms with van der Waals surface area (Å²) in [7, 11) is 1.66. The van der Waals surface area contributed by atoms with E-state index in [1.165, 1.54) is 0 Å². The molecule has 3 nitrogen and oxygen atoms in total. The molecule has 0 amide bonds. The zero-order valence-corrected chi connectivity index (χ0v) is 7.83. The highest BCUT2D eigenvalue weighted by atomic mass is 16.5. The minimum atomic E-state index is 0.222. The summed E-state index contributed by atoms with van der Waals surface area (Å²) in [6.07, 6.45) is 0.222. The fourth-order valence-corrected chi connectivity index (χ4v) is 1.46. The second-order valence-electron chi connectivity index (χ2n) is 3.14. The standard InChI is InChI=1S/C10H13NO2/c1-7-6-11-10-8(12-2)4-3-5-9(10)13-7/h3-5,7,11H,6H2,1-2H3/t7-/m0/s1. The van der Waals surface area contributed by atoms with Crippen molar-refractivity contribution in [1.82, 2.24) is 0 Å². The lowest BCUT2D eigenvalue weighted by Crippen LogP contribution is -2.27. The molecular formula is C10H13NO2. The summed E-state index contributed by atoms with van der Waals surface area (Å²) in [6.45, 7) is 2.86. The molecule has 70 valence electrons. The van der Waals surface area contributed by atoms with Crippen molar-refractivity contribution in [3.63, 3.8) is 0 Å². The molecule has 1 aliphatic heterocycles. The number of nitrogens with one attached hydrogen (secondary N) is 1. The molecule has 0 unspecified atom stereocenters. The Bertz CT molecular complexity index is 312. The number of rotatable bonds is 1. The van der Waals surface area contributed by atoms with Gasteiger partial charge >= 0.3 is 0 Å². The maximum absolute atomic E-state index is 5.63. The molecule has 0 aromatic heterocycles. The van der Waals surface area contributed by atoms with E-state index in [2.05, 4.69) is 5.32 Å². The number of fused-ring (bicyclic) bond motifs is 1. The minimum Gasteiger partial charge on any atom is -0.494 e. The third-order valence-corrected chi connectivity index (χ3v) is 2.10. The average Bonchev–Trinajstić information content (AvgIpc) is 2.16. The average molecular weight is 179 g/mol. The summed E-state index contributed by atoms with van der Waals surface area (Å²) in [4.78, 5) is 0. The fourth-order valence-electron chi connectivity index (χ4n) is 1.46. The lowest BCUT2D eigenvalue weighted by Gasteiger charge is -2.25. The fraction of sp³-hybridized carbons (Fsp3) is 0.400. The summed E-state index contributed by atoms with van der Waals surface area (Å²) in [5.74, 6) is 1.71. The van der Waals surface area contributed by atoms with Crippen LogP contribution in [-0.2, 0) is 0 Å². The quantitative estimate of drug-likeness (QED) is 0.714. The molecule has 0 fully saturated rings. The van der Waals surface area contributed by atoms with Gasteiger partial charge in [-0.05, 0) is 19.1 Å². The van der Waals surface area contributed by atoms with Crippen molar-refractivity contribution in [3.05, 3.63) is 18.2 Å². The molecule has 1 aromatic rings. The first-order valence-corrected chi connectivity index (χ1v) is 4.39. The first kappa shape index (κ1) is 8.23. The van der Waals surface area contributed by atoms with Gasteiger partial charge in [0.05, 0.1) is 13.7 Å². The second kappa shape index (κ2) is 3.17. The van der Waals surface area contributed by atoms with Gasteiger partial charge in [-0.15, -0.1) is 0 Å². The number of para-hydroxylation sites is 1. The Balaban J connectivity index is 2.39. The smallest absolute Gasteiger partial charge is 0.146 e.